The summed E-state index contributed by atoms with van der Waals surface area (Å²) < 4.78 is 0. The highest BCUT2D eigenvalue weighted by molar-refractivity contribution is 6.34. The lowest BCUT2D eigenvalue weighted by Gasteiger charge is -2.27. The second-order valence-electron chi connectivity index (χ2n) is 7.13. The van der Waals surface area contributed by atoms with Crippen molar-refractivity contribution < 1.29 is 4.79 Å². The number of rotatable bonds is 2. The van der Waals surface area contributed by atoms with Crippen LogP contribution < -0.4 is 15.5 Å². The lowest BCUT2D eigenvalue weighted by Crippen LogP contribution is -2.46. The number of nitrogens with one attached hydrogen (secondary N) is 2. The minimum atomic E-state index is -0.0392. The van der Waals surface area contributed by atoms with Gasteiger partial charge in [0.2, 0.25) is 0 Å². The van der Waals surface area contributed by atoms with Crippen molar-refractivity contribution >= 4 is 29.1 Å². The summed E-state index contributed by atoms with van der Waals surface area (Å²) in [5.41, 5.74) is 4.20. The van der Waals surface area contributed by atoms with Crippen molar-refractivity contribution in [3.8, 4) is 11.1 Å². The van der Waals surface area contributed by atoms with Gasteiger partial charge in [0.1, 0.15) is 5.82 Å². The second-order valence-corrected chi connectivity index (χ2v) is 7.51. The first-order chi connectivity index (χ1) is 12.2. The van der Waals surface area contributed by atoms with Gasteiger partial charge in [0.05, 0.1) is 5.02 Å². The van der Waals surface area contributed by atoms with E-state index in [1.165, 1.54) is 18.4 Å². The molecule has 1 aromatic carbocycles. The van der Waals surface area contributed by atoms with Gasteiger partial charge in [0.15, 0.2) is 0 Å². The number of carbonyl (C=O) groups is 1. The van der Waals surface area contributed by atoms with Crippen LogP contribution >= 0.6 is 11.6 Å². The molecule has 2 aliphatic heterocycles. The van der Waals surface area contributed by atoms with Crippen LogP contribution in [0.4, 0.5) is 16.3 Å². The fourth-order valence-corrected chi connectivity index (χ4v) is 4.39. The highest BCUT2D eigenvalue weighted by Crippen LogP contribution is 2.57. The monoisotopic (exact) mass is 354 g/mol. The molecule has 0 radical (unpaired) electrons. The van der Waals surface area contributed by atoms with E-state index in [1.54, 1.807) is 4.90 Å². The molecular formula is C19H19ClN4O. The van der Waals surface area contributed by atoms with Crippen LogP contribution in [0.5, 0.6) is 0 Å². The van der Waals surface area contributed by atoms with E-state index in [9.17, 15) is 4.79 Å². The van der Waals surface area contributed by atoms with E-state index in [0.717, 1.165) is 53.7 Å². The molecule has 128 valence electrons. The van der Waals surface area contributed by atoms with Crippen molar-refractivity contribution in [2.45, 2.75) is 24.7 Å². The SMILES string of the molecule is O=C1NCCCN1c1cccc(-c2cnc3c(c2Cl)C2(CC2)CN3)c1. The Morgan fingerprint density at radius 3 is 2.92 bits per heavy atom. The molecule has 0 atom stereocenters. The number of halogens is 1. The predicted molar refractivity (Wildman–Crippen MR) is 99.4 cm³/mol. The first-order valence-electron chi connectivity index (χ1n) is 8.77. The van der Waals surface area contributed by atoms with Gasteiger partial charge in [-0.25, -0.2) is 9.78 Å². The van der Waals surface area contributed by atoms with Gasteiger partial charge in [-0.1, -0.05) is 23.7 Å². The van der Waals surface area contributed by atoms with Crippen molar-refractivity contribution in [3.63, 3.8) is 0 Å². The van der Waals surface area contributed by atoms with Gasteiger partial charge in [0, 0.05) is 48.1 Å². The third kappa shape index (κ3) is 2.29. The first-order valence-corrected chi connectivity index (χ1v) is 9.14. The van der Waals surface area contributed by atoms with Gasteiger partial charge in [0.25, 0.3) is 0 Å². The van der Waals surface area contributed by atoms with Crippen LogP contribution in [-0.2, 0) is 5.41 Å². The lowest BCUT2D eigenvalue weighted by molar-refractivity contribution is 0.243. The summed E-state index contributed by atoms with van der Waals surface area (Å²) in [5, 5.41) is 7.08. The van der Waals surface area contributed by atoms with E-state index >= 15 is 0 Å². The van der Waals surface area contributed by atoms with E-state index in [2.05, 4.69) is 15.6 Å². The zero-order valence-corrected chi connectivity index (χ0v) is 14.6. The summed E-state index contributed by atoms with van der Waals surface area (Å²) in [6, 6.07) is 7.96. The zero-order valence-electron chi connectivity index (χ0n) is 13.8. The number of hydrogen-bond acceptors (Lipinski definition) is 3. The van der Waals surface area contributed by atoms with E-state index in [4.69, 9.17) is 11.6 Å². The molecule has 2 fully saturated rings. The van der Waals surface area contributed by atoms with Gasteiger partial charge in [-0.2, -0.15) is 0 Å². The highest BCUT2D eigenvalue weighted by Gasteiger charge is 2.51. The Kier molecular flexibility index (Phi) is 3.22. The molecule has 2 N–H and O–H groups in total. The maximum absolute atomic E-state index is 12.1. The molecule has 1 spiro atoms. The molecule has 1 saturated heterocycles. The Bertz CT molecular complexity index is 878. The fourth-order valence-electron chi connectivity index (χ4n) is 3.94. The van der Waals surface area contributed by atoms with E-state index < -0.39 is 0 Å². The third-order valence-electron chi connectivity index (χ3n) is 5.54. The molecule has 0 bridgehead atoms. The smallest absolute Gasteiger partial charge is 0.321 e. The summed E-state index contributed by atoms with van der Waals surface area (Å²) in [5.74, 6) is 0.929. The third-order valence-corrected chi connectivity index (χ3v) is 5.93. The lowest BCUT2D eigenvalue weighted by atomic mass is 9.96. The van der Waals surface area contributed by atoms with Crippen LogP contribution in [0.1, 0.15) is 24.8 Å². The Morgan fingerprint density at radius 2 is 2.12 bits per heavy atom. The molecule has 5 rings (SSSR count). The average Bonchev–Trinajstić information content (AvgIpc) is 3.31. The highest BCUT2D eigenvalue weighted by atomic mass is 35.5. The van der Waals surface area contributed by atoms with Crippen LogP contribution in [0.3, 0.4) is 0 Å². The molecule has 3 aliphatic rings. The number of fused-ring (bicyclic) bond motifs is 2. The number of aromatic nitrogens is 1. The molecule has 6 heteroatoms. The van der Waals surface area contributed by atoms with Gasteiger partial charge >= 0.3 is 6.03 Å². The van der Waals surface area contributed by atoms with E-state index in [-0.39, 0.29) is 11.4 Å². The summed E-state index contributed by atoms with van der Waals surface area (Å²) in [6.07, 6.45) is 5.13. The largest absolute Gasteiger partial charge is 0.369 e. The Balaban J connectivity index is 1.57. The maximum Gasteiger partial charge on any atom is 0.321 e. The second kappa shape index (κ2) is 5.36. The Morgan fingerprint density at radius 1 is 1.24 bits per heavy atom. The topological polar surface area (TPSA) is 57.3 Å². The molecule has 25 heavy (non-hydrogen) atoms. The maximum atomic E-state index is 12.1. The average molecular weight is 355 g/mol. The number of carbonyl (C=O) groups excluding carboxylic acids is 1. The Labute approximate surface area is 151 Å². The quantitative estimate of drug-likeness (QED) is 0.862. The van der Waals surface area contributed by atoms with Crippen LogP contribution in [0.15, 0.2) is 30.5 Å². The molecule has 5 nitrogen and oxygen atoms in total. The molecule has 1 aliphatic carbocycles. The van der Waals surface area contributed by atoms with Crippen LogP contribution in [0, 0.1) is 0 Å². The van der Waals surface area contributed by atoms with Crippen molar-refractivity contribution in [3.05, 3.63) is 41.0 Å². The molecule has 2 aromatic rings. The van der Waals surface area contributed by atoms with Crippen LogP contribution in [0.2, 0.25) is 5.02 Å². The number of hydrogen-bond donors (Lipinski definition) is 2. The fraction of sp³-hybridized carbons (Fsp3) is 0.368. The number of amides is 2. The normalized spacial score (nSPS) is 20.2. The molecule has 0 unspecified atom stereocenters. The number of urea groups is 1. The summed E-state index contributed by atoms with van der Waals surface area (Å²) in [4.78, 5) is 18.5. The van der Waals surface area contributed by atoms with Crippen molar-refractivity contribution in [1.82, 2.24) is 10.3 Å². The minimum absolute atomic E-state index is 0.0392. The number of pyridine rings is 1. The molecule has 1 aromatic heterocycles. The van der Waals surface area contributed by atoms with Crippen LogP contribution in [-0.4, -0.2) is 30.6 Å². The predicted octanol–water partition coefficient (Wildman–Crippen LogP) is 3.78. The first kappa shape index (κ1) is 15.0. The summed E-state index contributed by atoms with van der Waals surface area (Å²) in [6.45, 7) is 2.41. The van der Waals surface area contributed by atoms with E-state index in [1.807, 2.05) is 30.5 Å². The standard InChI is InChI=1S/C19H19ClN4O/c20-16-14(10-22-17-15(16)19(5-6-19)11-23-17)12-3-1-4-13(9-12)24-8-2-7-21-18(24)25/h1,3-4,9-10H,2,5-8,11H2,(H,21,25)(H,22,23). The molecule has 3 heterocycles. The van der Waals surface area contributed by atoms with Gasteiger partial charge in [-0.3, -0.25) is 4.90 Å². The van der Waals surface area contributed by atoms with Crippen LogP contribution in [0.25, 0.3) is 11.1 Å². The Hall–Kier alpha value is -2.27. The van der Waals surface area contributed by atoms with Gasteiger partial charge < -0.3 is 10.6 Å². The van der Waals surface area contributed by atoms with Crippen molar-refractivity contribution in [1.29, 1.82) is 0 Å². The van der Waals surface area contributed by atoms with Gasteiger partial charge in [-0.05, 0) is 37.0 Å². The number of anilines is 2. The molecule has 2 amide bonds. The van der Waals surface area contributed by atoms with E-state index in [0.29, 0.717) is 0 Å². The molecule has 1 saturated carbocycles. The van der Waals surface area contributed by atoms with Crippen molar-refractivity contribution in [2.75, 3.05) is 29.9 Å². The number of nitrogens with zero attached hydrogens (tertiary/aromatic N) is 2. The summed E-state index contributed by atoms with van der Waals surface area (Å²) in [7, 11) is 0. The number of benzene rings is 1. The zero-order chi connectivity index (χ0) is 17.0. The molecular weight excluding hydrogens is 336 g/mol. The van der Waals surface area contributed by atoms with Crippen molar-refractivity contribution in [2.24, 2.45) is 0 Å². The van der Waals surface area contributed by atoms with Gasteiger partial charge in [-0.15, -0.1) is 0 Å². The minimum Gasteiger partial charge on any atom is -0.369 e. The summed E-state index contributed by atoms with van der Waals surface area (Å²) >= 11 is 6.81.